The molecule has 18 heavy (non-hydrogen) atoms. The molecule has 0 unspecified atom stereocenters. The number of carbonyl (C=O) groups is 1. The van der Waals surface area contributed by atoms with Crippen LogP contribution in [-0.2, 0) is 11.3 Å². The summed E-state index contributed by atoms with van der Waals surface area (Å²) in [4.78, 5) is 11.4. The van der Waals surface area contributed by atoms with Gasteiger partial charge in [-0.05, 0) is 17.5 Å². The molecule has 0 spiro atoms. The fraction of sp³-hybridized carbons (Fsp3) is 0.400. The van der Waals surface area contributed by atoms with E-state index in [0.29, 0.717) is 13.2 Å². The van der Waals surface area contributed by atoms with E-state index in [1.165, 1.54) is 0 Å². The first-order valence-electron chi connectivity index (χ1n) is 6.38. The van der Waals surface area contributed by atoms with E-state index in [4.69, 9.17) is 4.74 Å². The molecule has 3 nitrogen and oxygen atoms in total. The van der Waals surface area contributed by atoms with E-state index >= 15 is 0 Å². The lowest BCUT2D eigenvalue weighted by atomic mass is 10.1. The molecule has 0 aliphatic heterocycles. The molecule has 0 heterocycles. The number of alkyl carbamates (subject to hydrolysis) is 1. The Kier molecular flexibility index (Phi) is 6.62. The van der Waals surface area contributed by atoms with Crippen molar-refractivity contribution in [3.63, 3.8) is 0 Å². The van der Waals surface area contributed by atoms with E-state index in [9.17, 15) is 4.79 Å². The van der Waals surface area contributed by atoms with E-state index in [2.05, 4.69) is 18.8 Å². The van der Waals surface area contributed by atoms with Gasteiger partial charge >= 0.3 is 6.09 Å². The minimum atomic E-state index is -0.348. The second kappa shape index (κ2) is 8.34. The molecular weight excluding hydrogens is 226 g/mol. The molecular formula is C15H21NO2. The van der Waals surface area contributed by atoms with Gasteiger partial charge in [0, 0.05) is 6.54 Å². The number of amides is 1. The third kappa shape index (κ3) is 5.53. The highest BCUT2D eigenvalue weighted by Gasteiger charge is 2.01. The summed E-state index contributed by atoms with van der Waals surface area (Å²) in [6.07, 6.45) is 4.59. The van der Waals surface area contributed by atoms with Crippen molar-refractivity contribution in [2.24, 2.45) is 0 Å². The summed E-state index contributed by atoms with van der Waals surface area (Å²) in [6.45, 7) is 6.80. The Hall–Kier alpha value is -1.77. The fourth-order valence-corrected chi connectivity index (χ4v) is 1.51. The molecule has 1 amide bonds. The van der Waals surface area contributed by atoms with Crippen LogP contribution in [0.3, 0.4) is 0 Å². The van der Waals surface area contributed by atoms with Crippen LogP contribution < -0.4 is 5.32 Å². The lowest BCUT2D eigenvalue weighted by molar-refractivity contribution is 0.143. The van der Waals surface area contributed by atoms with Crippen LogP contribution in [0.1, 0.15) is 37.3 Å². The van der Waals surface area contributed by atoms with Crippen molar-refractivity contribution in [1.82, 2.24) is 5.32 Å². The van der Waals surface area contributed by atoms with Crippen molar-refractivity contribution < 1.29 is 9.53 Å². The number of nitrogens with one attached hydrogen (secondary N) is 1. The molecule has 1 N–H and O–H groups in total. The second-order valence-electron chi connectivity index (χ2n) is 4.14. The van der Waals surface area contributed by atoms with Crippen LogP contribution in [0.5, 0.6) is 0 Å². The zero-order valence-corrected chi connectivity index (χ0v) is 10.9. The Morgan fingerprint density at radius 1 is 1.33 bits per heavy atom. The maximum Gasteiger partial charge on any atom is 0.407 e. The van der Waals surface area contributed by atoms with Gasteiger partial charge in [0.05, 0.1) is 6.61 Å². The highest BCUT2D eigenvalue weighted by atomic mass is 16.5. The third-order valence-electron chi connectivity index (χ3n) is 2.63. The summed E-state index contributed by atoms with van der Waals surface area (Å²) in [5.41, 5.74) is 2.12. The van der Waals surface area contributed by atoms with Gasteiger partial charge in [-0.2, -0.15) is 0 Å². The monoisotopic (exact) mass is 247 g/mol. The standard InChI is InChI=1S/C15H21NO2/c1-3-5-6-11-18-15(17)16-12-14-9-7-13(4-2)8-10-14/h4,7-10H,2-3,5-6,11-12H2,1H3,(H,16,17). The van der Waals surface area contributed by atoms with Gasteiger partial charge in [0.1, 0.15) is 0 Å². The zero-order chi connectivity index (χ0) is 13.2. The molecule has 0 bridgehead atoms. The topological polar surface area (TPSA) is 38.3 Å². The molecule has 0 atom stereocenters. The van der Waals surface area contributed by atoms with Crippen molar-refractivity contribution in [2.45, 2.75) is 32.7 Å². The molecule has 0 aromatic heterocycles. The molecule has 1 rings (SSSR count). The lowest BCUT2D eigenvalue weighted by Gasteiger charge is -2.07. The SMILES string of the molecule is C=Cc1ccc(CNC(=O)OCCCCC)cc1. The maximum atomic E-state index is 11.4. The summed E-state index contributed by atoms with van der Waals surface area (Å²) >= 11 is 0. The van der Waals surface area contributed by atoms with E-state index < -0.39 is 0 Å². The van der Waals surface area contributed by atoms with E-state index in [1.807, 2.05) is 24.3 Å². The Balaban J connectivity index is 2.22. The largest absolute Gasteiger partial charge is 0.450 e. The molecule has 0 saturated carbocycles. The molecule has 0 fully saturated rings. The molecule has 0 saturated heterocycles. The Morgan fingerprint density at radius 3 is 2.67 bits per heavy atom. The van der Waals surface area contributed by atoms with Gasteiger partial charge < -0.3 is 10.1 Å². The van der Waals surface area contributed by atoms with Crippen LogP contribution >= 0.6 is 0 Å². The first-order chi connectivity index (χ1) is 8.76. The van der Waals surface area contributed by atoms with E-state index in [-0.39, 0.29) is 6.09 Å². The van der Waals surface area contributed by atoms with Gasteiger partial charge in [-0.25, -0.2) is 4.79 Å². The van der Waals surface area contributed by atoms with Crippen LogP contribution in [0.2, 0.25) is 0 Å². The zero-order valence-electron chi connectivity index (χ0n) is 10.9. The number of rotatable bonds is 7. The quantitative estimate of drug-likeness (QED) is 0.745. The number of carbonyl (C=O) groups excluding carboxylic acids is 1. The van der Waals surface area contributed by atoms with Crippen molar-refractivity contribution in [3.05, 3.63) is 42.0 Å². The van der Waals surface area contributed by atoms with Crippen LogP contribution in [0.25, 0.3) is 6.08 Å². The number of ether oxygens (including phenoxy) is 1. The summed E-state index contributed by atoms with van der Waals surface area (Å²) in [6, 6.07) is 7.87. The second-order valence-corrected chi connectivity index (χ2v) is 4.14. The highest BCUT2D eigenvalue weighted by Crippen LogP contribution is 2.05. The van der Waals surface area contributed by atoms with Gasteiger partial charge in [-0.3, -0.25) is 0 Å². The van der Waals surface area contributed by atoms with Gasteiger partial charge in [0.15, 0.2) is 0 Å². The van der Waals surface area contributed by atoms with Crippen molar-refractivity contribution in [1.29, 1.82) is 0 Å². The summed E-state index contributed by atoms with van der Waals surface area (Å²) in [5, 5.41) is 2.73. The third-order valence-corrected chi connectivity index (χ3v) is 2.63. The van der Waals surface area contributed by atoms with Gasteiger partial charge in [0.25, 0.3) is 0 Å². The van der Waals surface area contributed by atoms with Gasteiger partial charge in [-0.15, -0.1) is 0 Å². The lowest BCUT2D eigenvalue weighted by Crippen LogP contribution is -2.24. The smallest absolute Gasteiger partial charge is 0.407 e. The van der Waals surface area contributed by atoms with Crippen LogP contribution in [-0.4, -0.2) is 12.7 Å². The molecule has 0 aliphatic carbocycles. The number of hydrogen-bond donors (Lipinski definition) is 1. The normalized spacial score (nSPS) is 9.83. The predicted octanol–water partition coefficient (Wildman–Crippen LogP) is 3.75. The first kappa shape index (κ1) is 14.3. The van der Waals surface area contributed by atoms with Gasteiger partial charge in [-0.1, -0.05) is 56.7 Å². The summed E-state index contributed by atoms with van der Waals surface area (Å²) in [7, 11) is 0. The maximum absolute atomic E-state index is 11.4. The van der Waals surface area contributed by atoms with E-state index in [0.717, 1.165) is 30.4 Å². The number of hydrogen-bond acceptors (Lipinski definition) is 2. The van der Waals surface area contributed by atoms with E-state index in [1.54, 1.807) is 6.08 Å². The molecule has 0 radical (unpaired) electrons. The average Bonchev–Trinajstić information content (AvgIpc) is 2.42. The van der Waals surface area contributed by atoms with Crippen LogP contribution in [0, 0.1) is 0 Å². The molecule has 98 valence electrons. The van der Waals surface area contributed by atoms with Crippen molar-refractivity contribution in [3.8, 4) is 0 Å². The van der Waals surface area contributed by atoms with Gasteiger partial charge in [0.2, 0.25) is 0 Å². The Bertz CT molecular complexity index is 371. The Labute approximate surface area is 109 Å². The Morgan fingerprint density at radius 2 is 2.06 bits per heavy atom. The minimum Gasteiger partial charge on any atom is -0.450 e. The molecule has 0 aliphatic rings. The minimum absolute atomic E-state index is 0.348. The van der Waals surface area contributed by atoms with Crippen LogP contribution in [0.15, 0.2) is 30.8 Å². The van der Waals surface area contributed by atoms with Crippen molar-refractivity contribution in [2.75, 3.05) is 6.61 Å². The molecule has 1 aromatic rings. The van der Waals surface area contributed by atoms with Crippen molar-refractivity contribution >= 4 is 12.2 Å². The highest BCUT2D eigenvalue weighted by molar-refractivity contribution is 5.67. The molecule has 3 heteroatoms. The average molecular weight is 247 g/mol. The molecule has 1 aromatic carbocycles. The predicted molar refractivity (Wildman–Crippen MR) is 74.2 cm³/mol. The van der Waals surface area contributed by atoms with Crippen LogP contribution in [0.4, 0.5) is 4.79 Å². The fourth-order valence-electron chi connectivity index (χ4n) is 1.51. The first-order valence-corrected chi connectivity index (χ1v) is 6.38. The summed E-state index contributed by atoms with van der Waals surface area (Å²) in [5.74, 6) is 0. The summed E-state index contributed by atoms with van der Waals surface area (Å²) < 4.78 is 5.04. The number of unbranched alkanes of at least 4 members (excludes halogenated alkanes) is 2. The number of benzene rings is 1.